The van der Waals surface area contributed by atoms with E-state index in [2.05, 4.69) is 10.5 Å². The molecular formula is C17H15Cl2N3O5. The molecule has 0 aliphatic heterocycles. The zero-order valence-electron chi connectivity index (χ0n) is 13.9. The van der Waals surface area contributed by atoms with Crippen molar-refractivity contribution < 1.29 is 19.6 Å². The Balaban J connectivity index is 1.75. The number of hydrogen-bond donors (Lipinski definition) is 2. The number of ether oxygens (including phenoxy) is 1. The first kappa shape index (κ1) is 20.5. The molecule has 1 amide bonds. The summed E-state index contributed by atoms with van der Waals surface area (Å²) < 4.78 is 5.47. The first-order chi connectivity index (χ1) is 12.9. The van der Waals surface area contributed by atoms with E-state index in [9.17, 15) is 20.0 Å². The predicted molar refractivity (Wildman–Crippen MR) is 102 cm³/mol. The fourth-order valence-corrected chi connectivity index (χ4v) is 2.47. The number of phenols is 1. The number of phenolic OH excluding ortho intramolecular Hbond substituents is 1. The number of hydrazone groups is 1. The minimum Gasteiger partial charge on any atom is -0.502 e. The molecule has 0 spiro atoms. The van der Waals surface area contributed by atoms with Gasteiger partial charge < -0.3 is 9.84 Å². The summed E-state index contributed by atoms with van der Waals surface area (Å²) in [6.45, 7) is 0.280. The van der Waals surface area contributed by atoms with Crippen molar-refractivity contribution in [3.8, 4) is 11.5 Å². The fourth-order valence-electron chi connectivity index (χ4n) is 2.01. The van der Waals surface area contributed by atoms with Crippen LogP contribution in [0.3, 0.4) is 0 Å². The second kappa shape index (κ2) is 9.75. The third-order valence-electron chi connectivity index (χ3n) is 3.30. The molecule has 142 valence electrons. The van der Waals surface area contributed by atoms with Gasteiger partial charge in [-0.25, -0.2) is 5.43 Å². The summed E-state index contributed by atoms with van der Waals surface area (Å²) in [6, 6.07) is 8.62. The summed E-state index contributed by atoms with van der Waals surface area (Å²) in [7, 11) is 0. The Kier molecular flexibility index (Phi) is 7.39. The number of amides is 1. The van der Waals surface area contributed by atoms with Gasteiger partial charge in [-0.15, -0.1) is 0 Å². The van der Waals surface area contributed by atoms with Gasteiger partial charge in [0.25, 0.3) is 0 Å². The molecule has 0 aromatic heterocycles. The minimum absolute atomic E-state index is 0.165. The van der Waals surface area contributed by atoms with Crippen LogP contribution in [-0.2, 0) is 4.79 Å². The van der Waals surface area contributed by atoms with Crippen LogP contribution in [0.4, 0.5) is 5.69 Å². The molecule has 0 heterocycles. The molecule has 2 aromatic rings. The molecule has 10 heteroatoms. The number of nitrogens with zero attached hydrogens (tertiary/aromatic N) is 2. The van der Waals surface area contributed by atoms with E-state index in [1.165, 1.54) is 18.3 Å². The molecule has 0 radical (unpaired) electrons. The van der Waals surface area contributed by atoms with Gasteiger partial charge in [0, 0.05) is 23.1 Å². The van der Waals surface area contributed by atoms with Crippen LogP contribution in [0.15, 0.2) is 41.5 Å². The molecule has 2 rings (SSSR count). The number of nitro groups is 1. The van der Waals surface area contributed by atoms with Crippen LogP contribution in [-0.4, -0.2) is 28.8 Å². The molecule has 0 bridgehead atoms. The van der Waals surface area contributed by atoms with E-state index in [-0.39, 0.29) is 18.9 Å². The first-order valence-electron chi connectivity index (χ1n) is 7.74. The largest absolute Gasteiger partial charge is 0.502 e. The Morgan fingerprint density at radius 3 is 2.78 bits per heavy atom. The van der Waals surface area contributed by atoms with E-state index in [0.717, 1.165) is 6.07 Å². The number of halogens is 2. The Labute approximate surface area is 164 Å². The van der Waals surface area contributed by atoms with E-state index in [0.29, 0.717) is 27.8 Å². The van der Waals surface area contributed by atoms with Gasteiger partial charge in [-0.1, -0.05) is 23.2 Å². The second-order valence-corrected chi connectivity index (χ2v) is 6.17. The Morgan fingerprint density at radius 2 is 2.07 bits per heavy atom. The predicted octanol–water partition coefficient (Wildman–Crippen LogP) is 3.92. The summed E-state index contributed by atoms with van der Waals surface area (Å²) >= 11 is 11.8. The van der Waals surface area contributed by atoms with Gasteiger partial charge in [0.15, 0.2) is 5.75 Å². The number of nitrogens with one attached hydrogen (secondary N) is 1. The van der Waals surface area contributed by atoms with E-state index in [1.807, 2.05) is 0 Å². The molecule has 0 saturated heterocycles. The maximum absolute atomic E-state index is 11.7. The molecule has 8 nitrogen and oxygen atoms in total. The summed E-state index contributed by atoms with van der Waals surface area (Å²) in [4.78, 5) is 21.8. The third-order valence-corrected chi connectivity index (χ3v) is 3.83. The lowest BCUT2D eigenvalue weighted by molar-refractivity contribution is -0.385. The molecule has 0 fully saturated rings. The normalized spacial score (nSPS) is 10.7. The van der Waals surface area contributed by atoms with Gasteiger partial charge in [0.05, 0.1) is 22.8 Å². The number of benzene rings is 2. The van der Waals surface area contributed by atoms with E-state index < -0.39 is 16.4 Å². The van der Waals surface area contributed by atoms with E-state index >= 15 is 0 Å². The van der Waals surface area contributed by atoms with Crippen molar-refractivity contribution in [3.05, 3.63) is 62.1 Å². The van der Waals surface area contributed by atoms with Gasteiger partial charge >= 0.3 is 5.69 Å². The first-order valence-corrected chi connectivity index (χ1v) is 8.49. The third kappa shape index (κ3) is 6.43. The zero-order valence-corrected chi connectivity index (χ0v) is 15.4. The fraction of sp³-hybridized carbons (Fsp3) is 0.176. The molecule has 0 aliphatic rings. The van der Waals surface area contributed by atoms with Crippen molar-refractivity contribution >= 4 is 41.0 Å². The number of carbonyl (C=O) groups excluding carboxylic acids is 1. The average Bonchev–Trinajstić information content (AvgIpc) is 2.61. The zero-order chi connectivity index (χ0) is 19.8. The number of rotatable bonds is 8. The van der Waals surface area contributed by atoms with Gasteiger partial charge in [-0.05, 0) is 36.8 Å². The minimum atomic E-state index is -0.710. The highest BCUT2D eigenvalue weighted by molar-refractivity contribution is 6.35. The van der Waals surface area contributed by atoms with Gasteiger partial charge in [-0.2, -0.15) is 5.10 Å². The van der Waals surface area contributed by atoms with Crippen molar-refractivity contribution in [2.75, 3.05) is 6.61 Å². The quantitative estimate of drug-likeness (QED) is 0.295. The van der Waals surface area contributed by atoms with Gasteiger partial charge in [0.2, 0.25) is 5.91 Å². The summed E-state index contributed by atoms with van der Waals surface area (Å²) in [6.07, 6.45) is 1.84. The van der Waals surface area contributed by atoms with Crippen molar-refractivity contribution in [1.29, 1.82) is 0 Å². The average molecular weight is 412 g/mol. The standard InChI is InChI=1S/C17H15Cl2N3O5/c18-12-4-6-16(13(19)9-12)27-7-1-2-17(24)21-20-10-11-3-5-15(23)14(8-11)22(25)26/h3-6,8-10,23H,1-2,7H2,(H,21,24)/b20-10-. The van der Waals surface area contributed by atoms with Crippen molar-refractivity contribution in [2.24, 2.45) is 5.10 Å². The molecule has 0 atom stereocenters. The maximum Gasteiger partial charge on any atom is 0.311 e. The maximum atomic E-state index is 11.7. The molecule has 2 N–H and O–H groups in total. The summed E-state index contributed by atoms with van der Waals surface area (Å²) in [5.41, 5.74) is 2.23. The van der Waals surface area contributed by atoms with E-state index in [1.54, 1.807) is 18.2 Å². The number of nitro benzene ring substituents is 1. The Bertz CT molecular complexity index is 874. The molecule has 0 aliphatic carbocycles. The van der Waals surface area contributed by atoms with Gasteiger partial charge in [0.1, 0.15) is 5.75 Å². The molecule has 0 unspecified atom stereocenters. The number of hydrogen-bond acceptors (Lipinski definition) is 6. The molecule has 0 saturated carbocycles. The molecule has 2 aromatic carbocycles. The highest BCUT2D eigenvalue weighted by Crippen LogP contribution is 2.27. The lowest BCUT2D eigenvalue weighted by atomic mass is 10.2. The molecule has 27 heavy (non-hydrogen) atoms. The van der Waals surface area contributed by atoms with Crippen molar-refractivity contribution in [1.82, 2.24) is 5.43 Å². The van der Waals surface area contributed by atoms with Crippen LogP contribution in [0.1, 0.15) is 18.4 Å². The Hall–Kier alpha value is -2.84. The SMILES string of the molecule is O=C(CCCOc1ccc(Cl)cc1Cl)N/N=C\c1ccc(O)c([N+](=O)[O-])c1. The second-order valence-electron chi connectivity index (χ2n) is 5.33. The summed E-state index contributed by atoms with van der Waals surface area (Å²) in [5.74, 6) is -0.305. The monoisotopic (exact) mass is 411 g/mol. The van der Waals surface area contributed by atoms with Crippen LogP contribution in [0.5, 0.6) is 11.5 Å². The lowest BCUT2D eigenvalue weighted by Crippen LogP contribution is -2.18. The van der Waals surface area contributed by atoms with Crippen LogP contribution in [0.2, 0.25) is 10.0 Å². The van der Waals surface area contributed by atoms with Crippen molar-refractivity contribution in [3.63, 3.8) is 0 Å². The van der Waals surface area contributed by atoms with Crippen LogP contribution >= 0.6 is 23.2 Å². The van der Waals surface area contributed by atoms with Crippen molar-refractivity contribution in [2.45, 2.75) is 12.8 Å². The topological polar surface area (TPSA) is 114 Å². The van der Waals surface area contributed by atoms with Crippen LogP contribution in [0, 0.1) is 10.1 Å². The van der Waals surface area contributed by atoms with Crippen LogP contribution in [0.25, 0.3) is 0 Å². The number of carbonyl (C=O) groups is 1. The van der Waals surface area contributed by atoms with E-state index in [4.69, 9.17) is 27.9 Å². The molecular weight excluding hydrogens is 397 g/mol. The number of aromatic hydroxyl groups is 1. The van der Waals surface area contributed by atoms with Gasteiger partial charge in [-0.3, -0.25) is 14.9 Å². The van der Waals surface area contributed by atoms with Crippen LogP contribution < -0.4 is 10.2 Å². The summed E-state index contributed by atoms with van der Waals surface area (Å²) in [5, 5.41) is 24.7. The highest BCUT2D eigenvalue weighted by atomic mass is 35.5. The highest BCUT2D eigenvalue weighted by Gasteiger charge is 2.12. The Morgan fingerprint density at radius 1 is 1.30 bits per heavy atom. The lowest BCUT2D eigenvalue weighted by Gasteiger charge is -2.07. The smallest absolute Gasteiger partial charge is 0.311 e.